The van der Waals surface area contributed by atoms with E-state index >= 15 is 0 Å². The van der Waals surface area contributed by atoms with Crippen molar-refractivity contribution < 1.29 is 9.15 Å². The molecule has 1 atom stereocenters. The van der Waals surface area contributed by atoms with E-state index in [1.165, 1.54) is 25.7 Å². The summed E-state index contributed by atoms with van der Waals surface area (Å²) in [4.78, 5) is 6.56. The van der Waals surface area contributed by atoms with Crippen molar-refractivity contribution in [3.8, 4) is 0 Å². The van der Waals surface area contributed by atoms with E-state index in [2.05, 4.69) is 41.5 Å². The quantitative estimate of drug-likeness (QED) is 0.226. The predicted octanol–water partition coefficient (Wildman–Crippen LogP) is 3.65. The van der Waals surface area contributed by atoms with Crippen molar-refractivity contribution in [3.63, 3.8) is 0 Å². The molecule has 1 aromatic rings. The molecule has 1 saturated carbocycles. The molecule has 1 unspecified atom stereocenters. The zero-order valence-electron chi connectivity index (χ0n) is 17.3. The lowest BCUT2D eigenvalue weighted by Gasteiger charge is -2.30. The summed E-state index contributed by atoms with van der Waals surface area (Å²) < 4.78 is 11.2. The number of nitrogens with one attached hydrogen (secondary N) is 2. The molecule has 1 aliphatic rings. The molecule has 2 rings (SSSR count). The Hall–Kier alpha value is -0.800. The van der Waals surface area contributed by atoms with Crippen molar-refractivity contribution in [1.29, 1.82) is 0 Å². The molecule has 156 valence electrons. The van der Waals surface area contributed by atoms with Crippen LogP contribution in [0, 0.1) is 5.41 Å². The third-order valence-electron chi connectivity index (χ3n) is 5.46. The highest BCUT2D eigenvalue weighted by atomic mass is 127. The van der Waals surface area contributed by atoms with Crippen molar-refractivity contribution >= 4 is 29.9 Å². The fourth-order valence-corrected chi connectivity index (χ4v) is 3.78. The number of ether oxygens (including phenoxy) is 1. The van der Waals surface area contributed by atoms with Crippen LogP contribution in [0.5, 0.6) is 0 Å². The zero-order valence-corrected chi connectivity index (χ0v) is 19.6. The minimum absolute atomic E-state index is 0. The molecule has 7 heteroatoms. The number of hydrogen-bond acceptors (Lipinski definition) is 4. The van der Waals surface area contributed by atoms with Gasteiger partial charge in [0.1, 0.15) is 5.76 Å². The molecular formula is C20H37IN4O2. The first kappa shape index (κ1) is 24.2. The lowest BCUT2D eigenvalue weighted by Crippen LogP contribution is -2.45. The number of likely N-dealkylation sites (N-methyl/N-ethyl adjacent to an activating group) is 1. The molecule has 0 aromatic carbocycles. The van der Waals surface area contributed by atoms with E-state index in [4.69, 9.17) is 9.15 Å². The number of rotatable bonds is 10. The van der Waals surface area contributed by atoms with Gasteiger partial charge >= 0.3 is 0 Å². The highest BCUT2D eigenvalue weighted by Gasteiger charge is 2.33. The summed E-state index contributed by atoms with van der Waals surface area (Å²) in [6.45, 7) is 5.40. The molecule has 0 aliphatic heterocycles. The van der Waals surface area contributed by atoms with Gasteiger partial charge in [-0.25, -0.2) is 0 Å². The van der Waals surface area contributed by atoms with Crippen LogP contribution < -0.4 is 10.6 Å². The molecule has 1 aliphatic carbocycles. The molecule has 2 N–H and O–H groups in total. The first-order valence-electron chi connectivity index (χ1n) is 9.82. The van der Waals surface area contributed by atoms with Crippen molar-refractivity contribution in [3.05, 3.63) is 24.2 Å². The van der Waals surface area contributed by atoms with Gasteiger partial charge in [0.15, 0.2) is 5.96 Å². The molecule has 1 heterocycles. The second-order valence-electron chi connectivity index (χ2n) is 7.46. The number of aliphatic imine (C=N–C) groups is 1. The van der Waals surface area contributed by atoms with Crippen molar-refractivity contribution in [2.75, 3.05) is 47.4 Å². The summed E-state index contributed by atoms with van der Waals surface area (Å²) >= 11 is 0. The maximum absolute atomic E-state index is 5.61. The van der Waals surface area contributed by atoms with Gasteiger partial charge in [-0.1, -0.05) is 12.8 Å². The summed E-state index contributed by atoms with van der Waals surface area (Å²) in [6.07, 6.45) is 8.04. The van der Waals surface area contributed by atoms with Crippen LogP contribution in [0.4, 0.5) is 0 Å². The first-order valence-corrected chi connectivity index (χ1v) is 9.82. The first-order chi connectivity index (χ1) is 12.6. The van der Waals surface area contributed by atoms with E-state index in [-0.39, 0.29) is 30.0 Å². The maximum atomic E-state index is 5.61. The van der Waals surface area contributed by atoms with Crippen LogP contribution in [0.15, 0.2) is 27.8 Å². The molecule has 0 radical (unpaired) electrons. The Labute approximate surface area is 181 Å². The topological polar surface area (TPSA) is 62.0 Å². The number of guanidine groups is 1. The Kier molecular flexibility index (Phi) is 11.3. The van der Waals surface area contributed by atoms with E-state index in [1.54, 1.807) is 6.26 Å². The Morgan fingerprint density at radius 1 is 1.33 bits per heavy atom. The Morgan fingerprint density at radius 2 is 2.07 bits per heavy atom. The van der Waals surface area contributed by atoms with Crippen LogP contribution >= 0.6 is 24.0 Å². The van der Waals surface area contributed by atoms with Crippen molar-refractivity contribution in [1.82, 2.24) is 15.5 Å². The number of hydrogen-bond donors (Lipinski definition) is 2. The van der Waals surface area contributed by atoms with Crippen molar-refractivity contribution in [2.24, 2.45) is 10.4 Å². The molecule has 0 amide bonds. The highest BCUT2D eigenvalue weighted by Crippen LogP contribution is 2.40. The Morgan fingerprint density at radius 3 is 2.63 bits per heavy atom. The normalized spacial score (nSPS) is 17.6. The van der Waals surface area contributed by atoms with Gasteiger partial charge < -0.3 is 19.8 Å². The van der Waals surface area contributed by atoms with Gasteiger partial charge in [-0.15, -0.1) is 24.0 Å². The fraction of sp³-hybridized carbons (Fsp3) is 0.750. The number of furan rings is 1. The smallest absolute Gasteiger partial charge is 0.191 e. The van der Waals surface area contributed by atoms with Crippen molar-refractivity contribution in [2.45, 2.75) is 45.1 Å². The summed E-state index contributed by atoms with van der Waals surface area (Å²) in [7, 11) is 5.95. The van der Waals surface area contributed by atoms with Gasteiger partial charge in [0.05, 0.1) is 12.3 Å². The second-order valence-corrected chi connectivity index (χ2v) is 7.46. The fourth-order valence-electron chi connectivity index (χ4n) is 3.78. The predicted molar refractivity (Wildman–Crippen MR) is 122 cm³/mol. The maximum Gasteiger partial charge on any atom is 0.191 e. The Bertz CT molecular complexity index is 528. The van der Waals surface area contributed by atoms with Gasteiger partial charge in [-0.2, -0.15) is 0 Å². The van der Waals surface area contributed by atoms with E-state index in [0.29, 0.717) is 5.41 Å². The SMILES string of the molecule is CCOCCC1(CNC(=NC)NCC(c2ccco2)N(C)C)CCCC1.I. The minimum atomic E-state index is 0. The van der Waals surface area contributed by atoms with E-state index in [0.717, 1.165) is 44.4 Å². The molecule has 1 fully saturated rings. The second kappa shape index (κ2) is 12.6. The van der Waals surface area contributed by atoms with E-state index < -0.39 is 0 Å². The third kappa shape index (κ3) is 7.62. The molecule has 0 spiro atoms. The number of nitrogens with zero attached hydrogens (tertiary/aromatic N) is 2. The summed E-state index contributed by atoms with van der Waals surface area (Å²) in [5, 5.41) is 7.01. The lowest BCUT2D eigenvalue weighted by molar-refractivity contribution is 0.105. The minimum Gasteiger partial charge on any atom is -0.468 e. The lowest BCUT2D eigenvalue weighted by atomic mass is 9.83. The van der Waals surface area contributed by atoms with Gasteiger partial charge in [-0.05, 0) is 57.8 Å². The van der Waals surface area contributed by atoms with Crippen LogP contribution in [-0.4, -0.2) is 58.3 Å². The van der Waals surface area contributed by atoms with Crippen LogP contribution in [0.2, 0.25) is 0 Å². The summed E-state index contributed by atoms with van der Waals surface area (Å²) in [5.41, 5.74) is 0.342. The van der Waals surface area contributed by atoms with Gasteiger partial charge in [-0.3, -0.25) is 9.89 Å². The molecule has 1 aromatic heterocycles. The molecule has 0 bridgehead atoms. The summed E-state index contributed by atoms with van der Waals surface area (Å²) in [5.74, 6) is 1.81. The Balaban J connectivity index is 0.00000364. The molecule has 27 heavy (non-hydrogen) atoms. The number of halogens is 1. The molecule has 0 saturated heterocycles. The van der Waals surface area contributed by atoms with Crippen LogP contribution in [0.1, 0.15) is 50.8 Å². The summed E-state index contributed by atoms with van der Waals surface area (Å²) in [6, 6.07) is 4.12. The third-order valence-corrected chi connectivity index (χ3v) is 5.46. The van der Waals surface area contributed by atoms with Gasteiger partial charge in [0.25, 0.3) is 0 Å². The van der Waals surface area contributed by atoms with Crippen LogP contribution in [-0.2, 0) is 4.74 Å². The van der Waals surface area contributed by atoms with Gasteiger partial charge in [0, 0.05) is 33.4 Å². The molecular weight excluding hydrogens is 455 g/mol. The van der Waals surface area contributed by atoms with E-state index in [9.17, 15) is 0 Å². The average molecular weight is 492 g/mol. The average Bonchev–Trinajstić information content (AvgIpc) is 3.30. The largest absolute Gasteiger partial charge is 0.468 e. The zero-order chi connectivity index (χ0) is 18.8. The van der Waals surface area contributed by atoms with Crippen LogP contribution in [0.3, 0.4) is 0 Å². The monoisotopic (exact) mass is 492 g/mol. The van der Waals surface area contributed by atoms with Crippen LogP contribution in [0.25, 0.3) is 0 Å². The standard InChI is InChI=1S/C20H36N4O2.HI/c1-5-25-14-12-20(10-6-7-11-20)16-23-19(21-2)22-15-17(24(3)4)18-9-8-13-26-18;/h8-9,13,17H,5-7,10-12,14-16H2,1-4H3,(H2,21,22,23);1H. The van der Waals surface area contributed by atoms with Gasteiger partial charge in [0.2, 0.25) is 0 Å². The molecule has 6 nitrogen and oxygen atoms in total. The highest BCUT2D eigenvalue weighted by molar-refractivity contribution is 14.0. The van der Waals surface area contributed by atoms with E-state index in [1.807, 2.05) is 19.2 Å².